The van der Waals surface area contributed by atoms with Crippen molar-refractivity contribution in [2.45, 2.75) is 24.3 Å². The van der Waals surface area contributed by atoms with E-state index in [4.69, 9.17) is 5.84 Å². The van der Waals surface area contributed by atoms with E-state index in [0.717, 1.165) is 22.4 Å². The van der Waals surface area contributed by atoms with E-state index in [1.54, 1.807) is 12.1 Å². The van der Waals surface area contributed by atoms with Crippen LogP contribution in [0.2, 0.25) is 0 Å². The summed E-state index contributed by atoms with van der Waals surface area (Å²) in [5.41, 5.74) is 4.30. The van der Waals surface area contributed by atoms with Gasteiger partial charge in [-0.1, -0.05) is 48.2 Å². The van der Waals surface area contributed by atoms with Crippen LogP contribution in [0, 0.1) is 19.7 Å². The molecule has 162 valence electrons. The van der Waals surface area contributed by atoms with Crippen molar-refractivity contribution in [2.75, 3.05) is 11.2 Å². The molecule has 8 heteroatoms. The second kappa shape index (κ2) is 9.23. The Morgan fingerprint density at radius 1 is 1.00 bits per heavy atom. The highest BCUT2D eigenvalue weighted by Gasteiger charge is 2.26. The van der Waals surface area contributed by atoms with Gasteiger partial charge in [-0.3, -0.25) is 4.79 Å². The van der Waals surface area contributed by atoms with Gasteiger partial charge in [-0.15, -0.1) is 10.2 Å². The lowest BCUT2D eigenvalue weighted by molar-refractivity contribution is -0.115. The number of nitrogens with one attached hydrogen (secondary N) is 1. The first kappa shape index (κ1) is 21.6. The highest BCUT2D eigenvalue weighted by Crippen LogP contribution is 2.36. The van der Waals surface area contributed by atoms with Crippen molar-refractivity contribution in [1.29, 1.82) is 0 Å². The van der Waals surface area contributed by atoms with E-state index in [1.807, 2.05) is 62.4 Å². The molecule has 0 saturated carbocycles. The molecule has 1 amide bonds. The van der Waals surface area contributed by atoms with Gasteiger partial charge in [0.1, 0.15) is 11.1 Å². The number of carbonyl (C=O) groups excluding carboxylic acids is 1. The first-order valence-corrected chi connectivity index (χ1v) is 10.9. The molecule has 0 fully saturated rings. The zero-order valence-electron chi connectivity index (χ0n) is 17.6. The summed E-state index contributed by atoms with van der Waals surface area (Å²) in [6.45, 7) is 3.97. The third-order valence-corrected chi connectivity index (χ3v) is 6.03. The number of anilines is 1. The lowest BCUT2D eigenvalue weighted by atomic mass is 10.1. The fourth-order valence-corrected chi connectivity index (χ4v) is 4.37. The minimum absolute atomic E-state index is 0.197. The van der Waals surface area contributed by atoms with E-state index in [2.05, 4.69) is 15.5 Å². The van der Waals surface area contributed by atoms with Crippen LogP contribution in [-0.2, 0) is 4.79 Å². The van der Waals surface area contributed by atoms with E-state index in [0.29, 0.717) is 16.5 Å². The monoisotopic (exact) mass is 447 g/mol. The molecule has 32 heavy (non-hydrogen) atoms. The summed E-state index contributed by atoms with van der Waals surface area (Å²) in [7, 11) is 0. The van der Waals surface area contributed by atoms with Crippen molar-refractivity contribution in [1.82, 2.24) is 14.9 Å². The number of hydrogen-bond acceptors (Lipinski definition) is 5. The second-order valence-corrected chi connectivity index (χ2v) is 8.53. The predicted octanol–water partition coefficient (Wildman–Crippen LogP) is 4.89. The number of nitrogen functional groups attached to an aromatic ring is 1. The van der Waals surface area contributed by atoms with Crippen LogP contribution in [0.4, 0.5) is 10.1 Å². The molecule has 0 unspecified atom stereocenters. The molecule has 3 aromatic carbocycles. The first-order chi connectivity index (χ1) is 15.4. The summed E-state index contributed by atoms with van der Waals surface area (Å²) in [6.07, 6.45) is 0. The number of rotatable bonds is 6. The molecular formula is C24H22FN5OS. The topological polar surface area (TPSA) is 85.8 Å². The Morgan fingerprint density at radius 2 is 1.66 bits per heavy atom. The number of thioether (sulfide) groups is 1. The van der Waals surface area contributed by atoms with Crippen LogP contribution in [0.3, 0.4) is 0 Å². The highest BCUT2D eigenvalue weighted by molar-refractivity contribution is 8.00. The fourth-order valence-electron chi connectivity index (χ4n) is 3.41. The molecule has 0 spiro atoms. The molecular weight excluding hydrogens is 425 g/mol. The molecule has 0 aliphatic carbocycles. The smallest absolute Gasteiger partial charge is 0.242 e. The van der Waals surface area contributed by atoms with Crippen molar-refractivity contribution in [3.63, 3.8) is 0 Å². The Hall–Kier alpha value is -3.65. The van der Waals surface area contributed by atoms with E-state index in [9.17, 15) is 9.18 Å². The number of amides is 1. The summed E-state index contributed by atoms with van der Waals surface area (Å²) in [5.74, 6) is 6.08. The Bertz CT molecular complexity index is 1220. The maximum atomic E-state index is 13.3. The first-order valence-electron chi connectivity index (χ1n) is 9.98. The molecule has 1 atom stereocenters. The summed E-state index contributed by atoms with van der Waals surface area (Å²) in [4.78, 5) is 13.3. The molecule has 0 radical (unpaired) electrons. The maximum absolute atomic E-state index is 13.3. The maximum Gasteiger partial charge on any atom is 0.242 e. The summed E-state index contributed by atoms with van der Waals surface area (Å²) in [6, 6.07) is 21.2. The van der Waals surface area contributed by atoms with Gasteiger partial charge in [0, 0.05) is 11.3 Å². The van der Waals surface area contributed by atoms with Crippen LogP contribution >= 0.6 is 11.8 Å². The van der Waals surface area contributed by atoms with Gasteiger partial charge in [0.05, 0.1) is 0 Å². The third-order valence-electron chi connectivity index (χ3n) is 4.82. The van der Waals surface area contributed by atoms with Crippen LogP contribution < -0.4 is 11.2 Å². The minimum atomic E-state index is -0.607. The normalized spacial score (nSPS) is 11.8. The molecule has 1 heterocycles. The lowest BCUT2D eigenvalue weighted by Crippen LogP contribution is -2.20. The van der Waals surface area contributed by atoms with Crippen LogP contribution in [0.1, 0.15) is 21.9 Å². The van der Waals surface area contributed by atoms with Gasteiger partial charge in [-0.25, -0.2) is 9.07 Å². The van der Waals surface area contributed by atoms with E-state index in [-0.39, 0.29) is 11.7 Å². The average Bonchev–Trinajstić information content (AvgIpc) is 3.12. The highest BCUT2D eigenvalue weighted by atomic mass is 32.2. The van der Waals surface area contributed by atoms with Gasteiger partial charge >= 0.3 is 0 Å². The van der Waals surface area contributed by atoms with Gasteiger partial charge in [0.25, 0.3) is 0 Å². The van der Waals surface area contributed by atoms with Gasteiger partial charge in [0.2, 0.25) is 11.1 Å². The average molecular weight is 448 g/mol. The molecule has 1 aromatic heterocycles. The fraction of sp³-hybridized carbons (Fsp3) is 0.125. The number of halogens is 1. The largest absolute Gasteiger partial charge is 0.335 e. The Kier molecular flexibility index (Phi) is 6.23. The van der Waals surface area contributed by atoms with Gasteiger partial charge in [-0.2, -0.15) is 0 Å². The quantitative estimate of drug-likeness (QED) is 0.325. The van der Waals surface area contributed by atoms with E-state index >= 15 is 0 Å². The van der Waals surface area contributed by atoms with Crippen molar-refractivity contribution in [3.05, 3.63) is 95.3 Å². The molecule has 0 aliphatic heterocycles. The molecule has 0 bridgehead atoms. The Balaban J connectivity index is 1.63. The van der Waals surface area contributed by atoms with Crippen LogP contribution in [0.5, 0.6) is 0 Å². The zero-order chi connectivity index (χ0) is 22.7. The SMILES string of the molecule is Cc1cc(C)cc(NC(=O)[C@@H](Sc2nnc(-c3ccc(F)cc3)n2N)c2ccccc2)c1. The van der Waals surface area contributed by atoms with Gasteiger partial charge in [-0.05, 0) is 66.9 Å². The van der Waals surface area contributed by atoms with E-state index in [1.165, 1.54) is 28.6 Å². The Morgan fingerprint density at radius 3 is 2.31 bits per heavy atom. The Labute approximate surface area is 189 Å². The molecule has 4 rings (SSSR count). The summed E-state index contributed by atoms with van der Waals surface area (Å²) in [5, 5.41) is 11.1. The van der Waals surface area contributed by atoms with Crippen LogP contribution in [-0.4, -0.2) is 20.8 Å². The molecule has 6 nitrogen and oxygen atoms in total. The standard InChI is InChI=1S/C24H22FN5OS/c1-15-12-16(2)14-20(13-15)27-23(31)21(17-6-4-3-5-7-17)32-24-29-28-22(30(24)26)18-8-10-19(25)11-9-18/h3-14,21H,26H2,1-2H3,(H,27,31)/t21-/m0/s1. The molecule has 3 N–H and O–H groups in total. The van der Waals surface area contributed by atoms with Crippen molar-refractivity contribution >= 4 is 23.4 Å². The molecule has 4 aromatic rings. The minimum Gasteiger partial charge on any atom is -0.335 e. The van der Waals surface area contributed by atoms with Crippen molar-refractivity contribution in [3.8, 4) is 11.4 Å². The second-order valence-electron chi connectivity index (χ2n) is 7.46. The van der Waals surface area contributed by atoms with Gasteiger partial charge < -0.3 is 11.2 Å². The van der Waals surface area contributed by atoms with Gasteiger partial charge in [0.15, 0.2) is 5.82 Å². The predicted molar refractivity (Wildman–Crippen MR) is 125 cm³/mol. The summed E-state index contributed by atoms with van der Waals surface area (Å²) < 4.78 is 14.6. The van der Waals surface area contributed by atoms with Crippen LogP contribution in [0.15, 0.2) is 78.0 Å². The number of aromatic nitrogens is 3. The van der Waals surface area contributed by atoms with Crippen molar-refractivity contribution < 1.29 is 9.18 Å². The number of nitrogens with zero attached hydrogens (tertiary/aromatic N) is 3. The number of aryl methyl sites for hydroxylation is 2. The zero-order valence-corrected chi connectivity index (χ0v) is 18.4. The summed E-state index contributed by atoms with van der Waals surface area (Å²) >= 11 is 1.20. The molecule has 0 aliphatic rings. The number of carbonyl (C=O) groups is 1. The molecule has 0 saturated heterocycles. The van der Waals surface area contributed by atoms with Crippen LogP contribution in [0.25, 0.3) is 11.4 Å². The van der Waals surface area contributed by atoms with E-state index < -0.39 is 5.25 Å². The van der Waals surface area contributed by atoms with Crippen molar-refractivity contribution in [2.24, 2.45) is 0 Å². The number of hydrogen-bond donors (Lipinski definition) is 2. The number of nitrogens with two attached hydrogens (primary N) is 1. The lowest BCUT2D eigenvalue weighted by Gasteiger charge is -2.17. The third kappa shape index (κ3) is 4.81. The number of benzene rings is 3.